The summed E-state index contributed by atoms with van der Waals surface area (Å²) in [5.74, 6) is -0.871. The number of aromatic nitrogens is 3. The van der Waals surface area contributed by atoms with Crippen molar-refractivity contribution in [2.24, 2.45) is 0 Å². The van der Waals surface area contributed by atoms with E-state index in [1.54, 1.807) is 18.5 Å². The average Bonchev–Trinajstić information content (AvgIpc) is 2.94. The van der Waals surface area contributed by atoms with E-state index < -0.39 is 11.9 Å². The van der Waals surface area contributed by atoms with Crippen LogP contribution in [-0.2, 0) is 25.6 Å². The second kappa shape index (κ2) is 9.68. The average molecular weight is 386 g/mol. The summed E-state index contributed by atoms with van der Waals surface area (Å²) >= 11 is 0. The van der Waals surface area contributed by atoms with Crippen LogP contribution < -0.4 is 5.32 Å². The van der Waals surface area contributed by atoms with Gasteiger partial charge in [-0.15, -0.1) is 0 Å². The zero-order chi connectivity index (χ0) is 20.7. The molecule has 0 aliphatic heterocycles. The number of ether oxygens (including phenoxy) is 2. The van der Waals surface area contributed by atoms with Crippen molar-refractivity contribution in [3.8, 4) is 0 Å². The lowest BCUT2D eigenvalue weighted by Crippen LogP contribution is -2.20. The zero-order valence-electron chi connectivity index (χ0n) is 16.9. The van der Waals surface area contributed by atoms with E-state index in [9.17, 15) is 9.59 Å². The number of hydrogen-bond acceptors (Lipinski definition) is 7. The predicted octanol–water partition coefficient (Wildman–Crippen LogP) is 2.67. The van der Waals surface area contributed by atoms with E-state index in [0.717, 1.165) is 22.6 Å². The Morgan fingerprint density at radius 2 is 1.68 bits per heavy atom. The molecule has 0 radical (unpaired) electrons. The number of hydrogen-bond donors (Lipinski definition) is 1. The van der Waals surface area contributed by atoms with Gasteiger partial charge in [-0.05, 0) is 52.3 Å². The number of rotatable bonds is 8. The number of carbonyl (C=O) groups is 2. The summed E-state index contributed by atoms with van der Waals surface area (Å²) in [5, 5.41) is 7.43. The lowest BCUT2D eigenvalue weighted by molar-refractivity contribution is -0.146. The maximum absolute atomic E-state index is 12.1. The fourth-order valence-corrected chi connectivity index (χ4v) is 2.71. The molecule has 150 valence electrons. The number of anilines is 1. The van der Waals surface area contributed by atoms with Crippen molar-refractivity contribution in [1.82, 2.24) is 14.8 Å². The Balaban J connectivity index is 2.28. The Hall–Kier alpha value is -3.16. The molecule has 0 aromatic carbocycles. The maximum atomic E-state index is 12.1. The van der Waals surface area contributed by atoms with E-state index in [1.807, 2.05) is 39.0 Å². The number of nitrogens with zero attached hydrogens (tertiary/aromatic N) is 3. The molecular formula is C20H26N4O4. The molecule has 0 saturated heterocycles. The van der Waals surface area contributed by atoms with Gasteiger partial charge in [0.1, 0.15) is 5.82 Å². The fraction of sp³-hybridized carbons (Fsp3) is 0.400. The highest BCUT2D eigenvalue weighted by molar-refractivity contribution is 6.14. The van der Waals surface area contributed by atoms with E-state index in [1.165, 1.54) is 6.20 Å². The topological polar surface area (TPSA) is 95.3 Å². The van der Waals surface area contributed by atoms with Crippen molar-refractivity contribution in [3.05, 3.63) is 52.6 Å². The standard InChI is InChI=1S/C20H26N4O4/c1-6-27-19(25)17(20(26)28-7-2)11-21-18-10-15(5)23-24(18)12-16-9-13(3)8-14(4)22-16/h8-11,21H,6-7,12H2,1-5H3. The van der Waals surface area contributed by atoms with Crippen LogP contribution in [0.2, 0.25) is 0 Å². The van der Waals surface area contributed by atoms with Crippen molar-refractivity contribution < 1.29 is 19.1 Å². The second-order valence-corrected chi connectivity index (χ2v) is 6.25. The van der Waals surface area contributed by atoms with Gasteiger partial charge in [-0.3, -0.25) is 4.98 Å². The third kappa shape index (κ3) is 5.67. The molecule has 0 amide bonds. The van der Waals surface area contributed by atoms with Crippen LogP contribution in [0.4, 0.5) is 5.82 Å². The van der Waals surface area contributed by atoms with Crippen LogP contribution in [-0.4, -0.2) is 39.9 Å². The lowest BCUT2D eigenvalue weighted by Gasteiger charge is -2.10. The highest BCUT2D eigenvalue weighted by Gasteiger charge is 2.21. The van der Waals surface area contributed by atoms with Gasteiger partial charge in [-0.2, -0.15) is 5.10 Å². The van der Waals surface area contributed by atoms with Crippen LogP contribution in [0.25, 0.3) is 0 Å². The summed E-state index contributed by atoms with van der Waals surface area (Å²) in [6, 6.07) is 5.81. The Kier molecular flexibility index (Phi) is 7.31. The molecule has 2 aromatic heterocycles. The SMILES string of the molecule is CCOC(=O)C(=CNc1cc(C)nn1Cc1cc(C)cc(C)n1)C(=O)OCC. The van der Waals surface area contributed by atoms with Gasteiger partial charge in [0, 0.05) is 18.0 Å². The number of esters is 2. The number of nitrogens with one attached hydrogen (secondary N) is 1. The summed E-state index contributed by atoms with van der Waals surface area (Å²) in [6.07, 6.45) is 1.29. The smallest absolute Gasteiger partial charge is 0.347 e. The highest BCUT2D eigenvalue weighted by atomic mass is 16.6. The number of carbonyl (C=O) groups excluding carboxylic acids is 2. The van der Waals surface area contributed by atoms with Gasteiger partial charge < -0.3 is 14.8 Å². The highest BCUT2D eigenvalue weighted by Crippen LogP contribution is 2.15. The molecule has 0 fully saturated rings. The third-order valence-electron chi connectivity index (χ3n) is 3.72. The summed E-state index contributed by atoms with van der Waals surface area (Å²) in [7, 11) is 0. The van der Waals surface area contributed by atoms with Crippen molar-refractivity contribution in [3.63, 3.8) is 0 Å². The predicted molar refractivity (Wildman–Crippen MR) is 105 cm³/mol. The van der Waals surface area contributed by atoms with Gasteiger partial charge >= 0.3 is 11.9 Å². The van der Waals surface area contributed by atoms with Crippen LogP contribution in [0, 0.1) is 20.8 Å². The first-order valence-electron chi connectivity index (χ1n) is 9.13. The molecule has 2 aromatic rings. The van der Waals surface area contributed by atoms with E-state index in [-0.39, 0.29) is 18.8 Å². The Labute approximate surface area is 164 Å². The molecule has 0 aliphatic carbocycles. The molecule has 2 heterocycles. The molecule has 0 spiro atoms. The summed E-state index contributed by atoms with van der Waals surface area (Å²) in [4.78, 5) is 28.7. The quantitative estimate of drug-likeness (QED) is 0.322. The van der Waals surface area contributed by atoms with Crippen LogP contribution in [0.15, 0.2) is 30.0 Å². The summed E-state index contributed by atoms with van der Waals surface area (Å²) in [6.45, 7) is 9.92. The molecule has 0 aliphatic rings. The van der Waals surface area contributed by atoms with Gasteiger partial charge in [0.25, 0.3) is 0 Å². The Bertz CT molecular complexity index is 846. The van der Waals surface area contributed by atoms with Crippen molar-refractivity contribution in [2.75, 3.05) is 18.5 Å². The lowest BCUT2D eigenvalue weighted by atomic mass is 10.2. The zero-order valence-corrected chi connectivity index (χ0v) is 16.9. The van der Waals surface area contributed by atoms with E-state index >= 15 is 0 Å². The number of pyridine rings is 1. The molecule has 2 rings (SSSR count). The van der Waals surface area contributed by atoms with Gasteiger partial charge in [0.05, 0.1) is 31.1 Å². The molecule has 0 unspecified atom stereocenters. The first-order valence-corrected chi connectivity index (χ1v) is 9.13. The molecule has 1 N–H and O–H groups in total. The first kappa shape index (κ1) is 21.1. The van der Waals surface area contributed by atoms with E-state index in [0.29, 0.717) is 12.4 Å². The minimum atomic E-state index is -0.743. The molecule has 0 saturated carbocycles. The van der Waals surface area contributed by atoms with Crippen LogP contribution in [0.5, 0.6) is 0 Å². The normalized spacial score (nSPS) is 10.3. The summed E-state index contributed by atoms with van der Waals surface area (Å²) in [5.41, 5.74) is 3.49. The molecule has 8 nitrogen and oxygen atoms in total. The second-order valence-electron chi connectivity index (χ2n) is 6.25. The fourth-order valence-electron chi connectivity index (χ4n) is 2.71. The molecule has 0 atom stereocenters. The third-order valence-corrected chi connectivity index (χ3v) is 3.72. The minimum Gasteiger partial charge on any atom is -0.462 e. The summed E-state index contributed by atoms with van der Waals surface area (Å²) < 4.78 is 11.6. The van der Waals surface area contributed by atoms with Gasteiger partial charge in [-0.25, -0.2) is 14.3 Å². The van der Waals surface area contributed by atoms with E-state index in [4.69, 9.17) is 9.47 Å². The van der Waals surface area contributed by atoms with Crippen molar-refractivity contribution >= 4 is 17.8 Å². The van der Waals surface area contributed by atoms with Gasteiger partial charge in [0.2, 0.25) is 0 Å². The first-order chi connectivity index (χ1) is 13.3. The molecule has 28 heavy (non-hydrogen) atoms. The molecule has 0 bridgehead atoms. The van der Waals surface area contributed by atoms with Gasteiger partial charge in [0.15, 0.2) is 5.57 Å². The van der Waals surface area contributed by atoms with Crippen LogP contribution >= 0.6 is 0 Å². The monoisotopic (exact) mass is 386 g/mol. The van der Waals surface area contributed by atoms with E-state index in [2.05, 4.69) is 15.4 Å². The largest absolute Gasteiger partial charge is 0.462 e. The molecular weight excluding hydrogens is 360 g/mol. The van der Waals surface area contributed by atoms with Crippen molar-refractivity contribution in [2.45, 2.75) is 41.2 Å². The van der Waals surface area contributed by atoms with Crippen LogP contribution in [0.3, 0.4) is 0 Å². The Morgan fingerprint density at radius 3 is 2.25 bits per heavy atom. The van der Waals surface area contributed by atoms with Gasteiger partial charge in [-0.1, -0.05) is 0 Å². The van der Waals surface area contributed by atoms with Crippen molar-refractivity contribution in [1.29, 1.82) is 0 Å². The van der Waals surface area contributed by atoms with Crippen LogP contribution in [0.1, 0.15) is 36.5 Å². The molecule has 8 heteroatoms. The maximum Gasteiger partial charge on any atom is 0.347 e. The Morgan fingerprint density at radius 1 is 1.04 bits per heavy atom. The minimum absolute atomic E-state index is 0.158. The number of aryl methyl sites for hydroxylation is 3.